The van der Waals surface area contributed by atoms with Crippen LogP contribution in [-0.4, -0.2) is 22.0 Å². The molecule has 2 N–H and O–H groups in total. The zero-order valence-corrected chi connectivity index (χ0v) is 12.0. The van der Waals surface area contributed by atoms with Crippen LogP contribution in [0.5, 0.6) is 5.75 Å². The van der Waals surface area contributed by atoms with Crippen LogP contribution < -0.4 is 0 Å². The maximum absolute atomic E-state index is 11.7. The highest BCUT2D eigenvalue weighted by atomic mass is 127. The second-order valence-electron chi connectivity index (χ2n) is 3.20. The fourth-order valence-corrected chi connectivity index (χ4v) is 2.24. The van der Waals surface area contributed by atoms with Crippen LogP contribution in [0.15, 0.2) is 6.07 Å². The van der Waals surface area contributed by atoms with E-state index in [0.29, 0.717) is 0 Å². The normalized spacial score (nSPS) is 10.3. The first kappa shape index (κ1) is 14.5. The standard InChI is InChI=1S/C10H7Cl2IO4/c11-5-3-4(6(14)1-2-7(15)16)10(17)9(13)8(5)12/h3,17H,1-2H2,(H,15,16). The van der Waals surface area contributed by atoms with Crippen molar-refractivity contribution in [3.63, 3.8) is 0 Å². The van der Waals surface area contributed by atoms with Gasteiger partial charge in [-0.15, -0.1) is 0 Å². The van der Waals surface area contributed by atoms with E-state index < -0.39 is 11.8 Å². The fourth-order valence-electron chi connectivity index (χ4n) is 1.15. The van der Waals surface area contributed by atoms with Crippen molar-refractivity contribution in [2.75, 3.05) is 0 Å². The molecule has 0 saturated carbocycles. The number of benzene rings is 1. The SMILES string of the molecule is O=C(O)CCC(=O)c1cc(Cl)c(Cl)c(I)c1O. The molecule has 1 aromatic carbocycles. The van der Waals surface area contributed by atoms with Gasteiger partial charge in [-0.2, -0.15) is 0 Å². The Kier molecular flexibility index (Phi) is 5.03. The molecule has 92 valence electrons. The third kappa shape index (κ3) is 3.46. The van der Waals surface area contributed by atoms with Crippen LogP contribution >= 0.6 is 45.8 Å². The summed E-state index contributed by atoms with van der Waals surface area (Å²) in [6, 6.07) is 1.24. The number of Topliss-reactive ketones (excluding diaryl/α,β-unsaturated/α-hetero) is 1. The number of hydrogen-bond acceptors (Lipinski definition) is 3. The van der Waals surface area contributed by atoms with Gasteiger partial charge in [-0.25, -0.2) is 0 Å². The highest BCUT2D eigenvalue weighted by Crippen LogP contribution is 2.37. The van der Waals surface area contributed by atoms with Gasteiger partial charge in [0.2, 0.25) is 0 Å². The molecule has 0 amide bonds. The molecule has 4 nitrogen and oxygen atoms in total. The molecule has 7 heteroatoms. The lowest BCUT2D eigenvalue weighted by molar-refractivity contribution is -0.136. The van der Waals surface area contributed by atoms with E-state index in [-0.39, 0.29) is 37.8 Å². The van der Waals surface area contributed by atoms with Gasteiger partial charge in [0, 0.05) is 6.42 Å². The largest absolute Gasteiger partial charge is 0.506 e. The number of rotatable bonds is 4. The predicted molar refractivity (Wildman–Crippen MR) is 72.0 cm³/mol. The number of carboxylic acids is 1. The zero-order valence-electron chi connectivity index (χ0n) is 8.34. The Morgan fingerprint density at radius 3 is 2.41 bits per heavy atom. The summed E-state index contributed by atoms with van der Waals surface area (Å²) in [5, 5.41) is 18.5. The summed E-state index contributed by atoms with van der Waals surface area (Å²) in [4.78, 5) is 22.0. The second kappa shape index (κ2) is 5.88. The Balaban J connectivity index is 3.06. The van der Waals surface area contributed by atoms with E-state index in [9.17, 15) is 14.7 Å². The van der Waals surface area contributed by atoms with Gasteiger partial charge in [-0.05, 0) is 28.7 Å². The van der Waals surface area contributed by atoms with Crippen molar-refractivity contribution in [2.24, 2.45) is 0 Å². The van der Waals surface area contributed by atoms with E-state index in [2.05, 4.69) is 0 Å². The third-order valence-corrected chi connectivity index (χ3v) is 4.16. The van der Waals surface area contributed by atoms with Gasteiger partial charge in [0.15, 0.2) is 5.78 Å². The molecule has 0 aromatic heterocycles. The Morgan fingerprint density at radius 1 is 1.29 bits per heavy atom. The predicted octanol–water partition coefficient (Wildman–Crippen LogP) is 3.35. The minimum atomic E-state index is -1.08. The lowest BCUT2D eigenvalue weighted by Crippen LogP contribution is -2.05. The Hall–Kier alpha value is -0.530. The van der Waals surface area contributed by atoms with Crippen LogP contribution in [0.4, 0.5) is 0 Å². The molecule has 1 aromatic rings. The molecule has 0 bridgehead atoms. The van der Waals surface area contributed by atoms with Crippen LogP contribution in [0.1, 0.15) is 23.2 Å². The lowest BCUT2D eigenvalue weighted by atomic mass is 10.1. The summed E-state index contributed by atoms with van der Waals surface area (Å²) < 4.78 is 0.274. The molecule has 0 saturated heterocycles. The summed E-state index contributed by atoms with van der Waals surface area (Å²) in [6.45, 7) is 0. The quantitative estimate of drug-likeness (QED) is 0.471. The van der Waals surface area contributed by atoms with E-state index in [1.165, 1.54) is 6.07 Å². The van der Waals surface area contributed by atoms with Crippen LogP contribution in [-0.2, 0) is 4.79 Å². The van der Waals surface area contributed by atoms with Crippen molar-refractivity contribution >= 4 is 57.5 Å². The van der Waals surface area contributed by atoms with E-state index in [0.717, 1.165) is 0 Å². The lowest BCUT2D eigenvalue weighted by Gasteiger charge is -2.08. The third-order valence-electron chi connectivity index (χ3n) is 2.00. The molecule has 0 aliphatic heterocycles. The molecule has 0 radical (unpaired) electrons. The summed E-state index contributed by atoms with van der Waals surface area (Å²) in [5.74, 6) is -1.83. The molecular weight excluding hydrogens is 382 g/mol. The van der Waals surface area contributed by atoms with Crippen molar-refractivity contribution in [3.05, 3.63) is 25.2 Å². The number of carbonyl (C=O) groups excluding carboxylic acids is 1. The number of ketones is 1. The summed E-state index contributed by atoms with van der Waals surface area (Å²) in [6.07, 6.45) is -0.494. The summed E-state index contributed by atoms with van der Waals surface area (Å²) >= 11 is 13.3. The van der Waals surface area contributed by atoms with Crippen molar-refractivity contribution in [1.29, 1.82) is 0 Å². The molecule has 0 fully saturated rings. The first-order valence-corrected chi connectivity index (χ1v) is 6.29. The second-order valence-corrected chi connectivity index (χ2v) is 5.06. The van der Waals surface area contributed by atoms with E-state index in [1.807, 2.05) is 0 Å². The maximum Gasteiger partial charge on any atom is 0.303 e. The molecular formula is C10H7Cl2IO4. The van der Waals surface area contributed by atoms with Crippen LogP contribution in [0, 0.1) is 3.57 Å². The van der Waals surface area contributed by atoms with E-state index in [4.69, 9.17) is 28.3 Å². The number of carbonyl (C=O) groups is 2. The van der Waals surface area contributed by atoms with Crippen molar-refractivity contribution < 1.29 is 19.8 Å². The Morgan fingerprint density at radius 2 is 1.88 bits per heavy atom. The van der Waals surface area contributed by atoms with Gasteiger partial charge >= 0.3 is 5.97 Å². The number of phenols is 1. The molecule has 0 heterocycles. The minimum absolute atomic E-state index is 0.00921. The van der Waals surface area contributed by atoms with Crippen LogP contribution in [0.2, 0.25) is 10.0 Å². The fraction of sp³-hybridized carbons (Fsp3) is 0.200. The van der Waals surface area contributed by atoms with Gasteiger partial charge in [0.25, 0.3) is 0 Å². The van der Waals surface area contributed by atoms with Crippen molar-refractivity contribution in [2.45, 2.75) is 12.8 Å². The molecule has 0 aliphatic rings. The highest BCUT2D eigenvalue weighted by Gasteiger charge is 2.19. The van der Waals surface area contributed by atoms with Gasteiger partial charge in [0.1, 0.15) is 5.75 Å². The number of hydrogen-bond donors (Lipinski definition) is 2. The molecule has 0 atom stereocenters. The summed E-state index contributed by atoms with van der Waals surface area (Å²) in [5.41, 5.74) is -0.00921. The van der Waals surface area contributed by atoms with Gasteiger partial charge < -0.3 is 10.2 Å². The van der Waals surface area contributed by atoms with Gasteiger partial charge in [-0.3, -0.25) is 9.59 Å². The van der Waals surface area contributed by atoms with E-state index >= 15 is 0 Å². The number of carboxylic acid groups (broad SMARTS) is 1. The molecule has 0 aliphatic carbocycles. The Bertz CT molecular complexity index is 488. The number of aliphatic carboxylic acids is 1. The zero-order chi connectivity index (χ0) is 13.2. The molecule has 17 heavy (non-hydrogen) atoms. The number of aromatic hydroxyl groups is 1. The van der Waals surface area contributed by atoms with Gasteiger partial charge in [-0.1, -0.05) is 23.2 Å². The van der Waals surface area contributed by atoms with Gasteiger partial charge in [0.05, 0.1) is 25.6 Å². The maximum atomic E-state index is 11.7. The topological polar surface area (TPSA) is 74.6 Å². The molecule has 1 rings (SSSR count). The van der Waals surface area contributed by atoms with E-state index in [1.54, 1.807) is 22.6 Å². The first-order valence-electron chi connectivity index (χ1n) is 4.46. The summed E-state index contributed by atoms with van der Waals surface area (Å²) in [7, 11) is 0. The molecule has 0 spiro atoms. The van der Waals surface area contributed by atoms with Crippen LogP contribution in [0.25, 0.3) is 0 Å². The number of phenolic OH excluding ortho intramolecular Hbond substituents is 1. The van der Waals surface area contributed by atoms with Crippen molar-refractivity contribution in [3.8, 4) is 5.75 Å². The Labute approximate surface area is 121 Å². The van der Waals surface area contributed by atoms with Crippen LogP contribution in [0.3, 0.4) is 0 Å². The van der Waals surface area contributed by atoms with Crippen molar-refractivity contribution in [1.82, 2.24) is 0 Å². The highest BCUT2D eigenvalue weighted by molar-refractivity contribution is 14.1. The number of halogens is 3. The first-order chi connectivity index (χ1) is 7.84. The smallest absolute Gasteiger partial charge is 0.303 e. The molecule has 0 unspecified atom stereocenters. The average molecular weight is 389 g/mol. The minimum Gasteiger partial charge on any atom is -0.506 e. The monoisotopic (exact) mass is 388 g/mol. The average Bonchev–Trinajstić information content (AvgIpc) is 2.28.